The molecule has 0 spiro atoms. The number of rotatable bonds is 4. The van der Waals surface area contributed by atoms with Crippen molar-refractivity contribution in [1.29, 1.82) is 0 Å². The molecule has 0 amide bonds. The van der Waals surface area contributed by atoms with E-state index in [1.54, 1.807) is 12.1 Å². The maximum atomic E-state index is 11.0. The molecular formula is C16H23NO3. The average Bonchev–Trinajstić information content (AvgIpc) is 2.64. The van der Waals surface area contributed by atoms with Gasteiger partial charge in [-0.25, -0.2) is 4.79 Å². The second-order valence-corrected chi connectivity index (χ2v) is 5.75. The first-order chi connectivity index (χ1) is 9.56. The zero-order valence-electron chi connectivity index (χ0n) is 12.2. The van der Waals surface area contributed by atoms with Gasteiger partial charge >= 0.3 is 5.97 Å². The van der Waals surface area contributed by atoms with Crippen LogP contribution in [0.3, 0.4) is 0 Å². The van der Waals surface area contributed by atoms with E-state index in [4.69, 9.17) is 9.84 Å². The fourth-order valence-electron chi connectivity index (χ4n) is 2.53. The minimum absolute atomic E-state index is 0.264. The van der Waals surface area contributed by atoms with Crippen molar-refractivity contribution in [3.8, 4) is 0 Å². The second-order valence-electron chi connectivity index (χ2n) is 5.75. The van der Waals surface area contributed by atoms with Gasteiger partial charge in [-0.3, -0.25) is 4.90 Å². The van der Waals surface area contributed by atoms with Crippen LogP contribution >= 0.6 is 0 Å². The summed E-state index contributed by atoms with van der Waals surface area (Å²) in [5.41, 5.74) is 1.41. The van der Waals surface area contributed by atoms with Gasteiger partial charge in [0.2, 0.25) is 0 Å². The summed E-state index contributed by atoms with van der Waals surface area (Å²) in [6, 6.07) is 7.20. The Labute approximate surface area is 120 Å². The molecule has 4 nitrogen and oxygen atoms in total. The summed E-state index contributed by atoms with van der Waals surface area (Å²) in [4.78, 5) is 13.4. The van der Waals surface area contributed by atoms with E-state index in [2.05, 4.69) is 18.7 Å². The van der Waals surface area contributed by atoms with Gasteiger partial charge in [0.25, 0.3) is 0 Å². The molecule has 1 aromatic rings. The largest absolute Gasteiger partial charge is 0.478 e. The lowest BCUT2D eigenvalue weighted by molar-refractivity contribution is 0.0222. The van der Waals surface area contributed by atoms with Gasteiger partial charge in [0.05, 0.1) is 11.7 Å². The van der Waals surface area contributed by atoms with Gasteiger partial charge in [0.1, 0.15) is 0 Å². The van der Waals surface area contributed by atoms with Crippen LogP contribution in [-0.4, -0.2) is 41.8 Å². The van der Waals surface area contributed by atoms with Crippen molar-refractivity contribution >= 4 is 5.97 Å². The van der Waals surface area contributed by atoms with Crippen LogP contribution in [0.25, 0.3) is 0 Å². The van der Waals surface area contributed by atoms with E-state index in [9.17, 15) is 4.79 Å². The Morgan fingerprint density at radius 3 is 3.00 bits per heavy atom. The summed E-state index contributed by atoms with van der Waals surface area (Å²) in [6.07, 6.45) is 1.29. The predicted molar refractivity (Wildman–Crippen MR) is 77.9 cm³/mol. The maximum Gasteiger partial charge on any atom is 0.335 e. The SMILES string of the molecule is CC(C)C1CN(Cc2cccc(C(=O)O)c2)CCCO1. The lowest BCUT2D eigenvalue weighted by Crippen LogP contribution is -2.34. The van der Waals surface area contributed by atoms with Crippen molar-refractivity contribution in [2.45, 2.75) is 32.9 Å². The fourth-order valence-corrected chi connectivity index (χ4v) is 2.53. The second kappa shape index (κ2) is 6.86. The average molecular weight is 277 g/mol. The summed E-state index contributed by atoms with van der Waals surface area (Å²) in [7, 11) is 0. The molecule has 1 aliphatic heterocycles. The lowest BCUT2D eigenvalue weighted by Gasteiger charge is -2.26. The smallest absolute Gasteiger partial charge is 0.335 e. The van der Waals surface area contributed by atoms with Crippen molar-refractivity contribution < 1.29 is 14.6 Å². The van der Waals surface area contributed by atoms with Crippen molar-refractivity contribution in [1.82, 2.24) is 4.90 Å². The minimum atomic E-state index is -0.869. The first-order valence-electron chi connectivity index (χ1n) is 7.22. The number of carbonyl (C=O) groups is 1. The third kappa shape index (κ3) is 4.05. The third-order valence-corrected chi connectivity index (χ3v) is 3.71. The highest BCUT2D eigenvalue weighted by atomic mass is 16.5. The quantitative estimate of drug-likeness (QED) is 0.919. The Bertz CT molecular complexity index is 459. The lowest BCUT2D eigenvalue weighted by atomic mass is 10.1. The molecule has 1 aliphatic rings. The summed E-state index contributed by atoms with van der Waals surface area (Å²) >= 11 is 0. The van der Waals surface area contributed by atoms with Crippen molar-refractivity contribution in [3.05, 3.63) is 35.4 Å². The van der Waals surface area contributed by atoms with Crippen LogP contribution in [0.15, 0.2) is 24.3 Å². The predicted octanol–water partition coefficient (Wildman–Crippen LogP) is 2.63. The Morgan fingerprint density at radius 2 is 2.30 bits per heavy atom. The highest BCUT2D eigenvalue weighted by Crippen LogP contribution is 2.16. The molecule has 1 unspecified atom stereocenters. The van der Waals surface area contributed by atoms with Crippen molar-refractivity contribution in [3.63, 3.8) is 0 Å². The van der Waals surface area contributed by atoms with E-state index in [0.29, 0.717) is 11.5 Å². The fraction of sp³-hybridized carbons (Fsp3) is 0.562. The van der Waals surface area contributed by atoms with Crippen LogP contribution in [0.1, 0.15) is 36.2 Å². The molecule has 20 heavy (non-hydrogen) atoms. The van der Waals surface area contributed by atoms with E-state index in [0.717, 1.165) is 38.2 Å². The van der Waals surface area contributed by atoms with Crippen LogP contribution in [0.4, 0.5) is 0 Å². The Morgan fingerprint density at radius 1 is 1.50 bits per heavy atom. The molecule has 1 saturated heterocycles. The highest BCUT2D eigenvalue weighted by Gasteiger charge is 2.21. The number of hydrogen-bond donors (Lipinski definition) is 1. The van der Waals surface area contributed by atoms with Gasteiger partial charge in [-0.15, -0.1) is 0 Å². The first kappa shape index (κ1) is 15.0. The molecule has 0 aliphatic carbocycles. The van der Waals surface area contributed by atoms with Crippen molar-refractivity contribution in [2.75, 3.05) is 19.7 Å². The highest BCUT2D eigenvalue weighted by molar-refractivity contribution is 5.87. The molecule has 4 heteroatoms. The number of hydrogen-bond acceptors (Lipinski definition) is 3. The molecule has 1 heterocycles. The number of carboxylic acid groups (broad SMARTS) is 1. The van der Waals surface area contributed by atoms with Gasteiger partial charge in [-0.1, -0.05) is 26.0 Å². The van der Waals surface area contributed by atoms with Gasteiger partial charge < -0.3 is 9.84 Å². The first-order valence-corrected chi connectivity index (χ1v) is 7.22. The topological polar surface area (TPSA) is 49.8 Å². The Kier molecular flexibility index (Phi) is 5.15. The van der Waals surface area contributed by atoms with Gasteiger partial charge in [0, 0.05) is 26.2 Å². The van der Waals surface area contributed by atoms with E-state index in [1.165, 1.54) is 0 Å². The number of aromatic carboxylic acids is 1. The molecule has 2 rings (SSSR count). The molecule has 0 radical (unpaired) electrons. The van der Waals surface area contributed by atoms with Crippen LogP contribution in [0.2, 0.25) is 0 Å². The van der Waals surface area contributed by atoms with Gasteiger partial charge in [-0.05, 0) is 30.0 Å². The number of nitrogens with zero attached hydrogens (tertiary/aromatic N) is 1. The van der Waals surface area contributed by atoms with Gasteiger partial charge in [-0.2, -0.15) is 0 Å². The van der Waals surface area contributed by atoms with Crippen LogP contribution in [0.5, 0.6) is 0 Å². The van der Waals surface area contributed by atoms with E-state index in [1.807, 2.05) is 12.1 Å². The van der Waals surface area contributed by atoms with Crippen LogP contribution < -0.4 is 0 Å². The minimum Gasteiger partial charge on any atom is -0.478 e. The standard InChI is InChI=1S/C16H23NO3/c1-12(2)15-11-17(7-4-8-20-15)10-13-5-3-6-14(9-13)16(18)19/h3,5-6,9,12,15H,4,7-8,10-11H2,1-2H3,(H,18,19). The molecule has 0 saturated carbocycles. The molecule has 0 bridgehead atoms. The molecular weight excluding hydrogens is 254 g/mol. The number of carboxylic acids is 1. The van der Waals surface area contributed by atoms with Crippen molar-refractivity contribution in [2.24, 2.45) is 5.92 Å². The number of ether oxygens (including phenoxy) is 1. The summed E-state index contributed by atoms with van der Waals surface area (Å²) in [6.45, 7) is 7.87. The summed E-state index contributed by atoms with van der Waals surface area (Å²) in [5.74, 6) is -0.368. The zero-order chi connectivity index (χ0) is 14.5. The summed E-state index contributed by atoms with van der Waals surface area (Å²) in [5, 5.41) is 9.04. The molecule has 1 N–H and O–H groups in total. The summed E-state index contributed by atoms with van der Waals surface area (Å²) < 4.78 is 5.86. The zero-order valence-corrected chi connectivity index (χ0v) is 12.2. The normalized spacial score (nSPS) is 20.9. The molecule has 1 fully saturated rings. The third-order valence-electron chi connectivity index (χ3n) is 3.71. The molecule has 1 aromatic carbocycles. The van der Waals surface area contributed by atoms with Gasteiger partial charge in [0.15, 0.2) is 0 Å². The van der Waals surface area contributed by atoms with E-state index < -0.39 is 5.97 Å². The maximum absolute atomic E-state index is 11.0. The van der Waals surface area contributed by atoms with E-state index >= 15 is 0 Å². The number of benzene rings is 1. The molecule has 1 atom stereocenters. The molecule has 0 aromatic heterocycles. The monoisotopic (exact) mass is 277 g/mol. The van der Waals surface area contributed by atoms with Crippen LogP contribution in [0, 0.1) is 5.92 Å². The van der Waals surface area contributed by atoms with Crippen LogP contribution in [-0.2, 0) is 11.3 Å². The Hall–Kier alpha value is -1.39. The molecule has 110 valence electrons. The Balaban J connectivity index is 2.04. The van der Waals surface area contributed by atoms with E-state index in [-0.39, 0.29) is 6.10 Å².